The molecule has 0 aliphatic carbocycles. The fraction of sp³-hybridized carbons (Fsp3) is 1.00. The molecule has 7 heteroatoms. The highest BCUT2D eigenvalue weighted by atomic mass is 28.3. The standard InChI is InChI=1S/C7H19NO5Si/c8-2-1-4-14(5-3-9)13-6-7(10,11)12/h9-12,14H,1-6,8H2/t14-/m0/s1. The highest BCUT2D eigenvalue weighted by Gasteiger charge is 2.21. The second kappa shape index (κ2) is 7.29. The molecule has 86 valence electrons. The molecule has 0 aromatic carbocycles. The monoisotopic (exact) mass is 225 g/mol. The van der Waals surface area contributed by atoms with E-state index in [1.165, 1.54) is 0 Å². The number of nitrogens with two attached hydrogens (primary N) is 1. The largest absolute Gasteiger partial charge is 0.412 e. The Morgan fingerprint density at radius 1 is 1.21 bits per heavy atom. The molecule has 6 nitrogen and oxygen atoms in total. The van der Waals surface area contributed by atoms with E-state index in [9.17, 15) is 0 Å². The number of hydrogen-bond acceptors (Lipinski definition) is 6. The van der Waals surface area contributed by atoms with Crippen LogP contribution in [0.2, 0.25) is 12.1 Å². The molecule has 0 aliphatic heterocycles. The van der Waals surface area contributed by atoms with Gasteiger partial charge in [0.2, 0.25) is 0 Å². The average molecular weight is 225 g/mol. The highest BCUT2D eigenvalue weighted by Crippen LogP contribution is 2.06. The Labute approximate surface area is 84.7 Å². The van der Waals surface area contributed by atoms with Crippen molar-refractivity contribution in [3.8, 4) is 0 Å². The van der Waals surface area contributed by atoms with Crippen LogP contribution in [0.25, 0.3) is 0 Å². The number of rotatable bonds is 8. The first-order valence-corrected chi connectivity index (χ1v) is 6.69. The van der Waals surface area contributed by atoms with Crippen molar-refractivity contribution in [3.63, 3.8) is 0 Å². The van der Waals surface area contributed by atoms with Gasteiger partial charge in [-0.25, -0.2) is 0 Å². The van der Waals surface area contributed by atoms with Crippen LogP contribution in [-0.2, 0) is 4.43 Å². The van der Waals surface area contributed by atoms with Gasteiger partial charge in [0, 0.05) is 6.61 Å². The van der Waals surface area contributed by atoms with E-state index in [0.29, 0.717) is 12.6 Å². The average Bonchev–Trinajstić information content (AvgIpc) is 2.08. The van der Waals surface area contributed by atoms with E-state index in [2.05, 4.69) is 0 Å². The van der Waals surface area contributed by atoms with E-state index in [1.807, 2.05) is 0 Å². The lowest BCUT2D eigenvalue weighted by atomic mass is 10.5. The van der Waals surface area contributed by atoms with Crippen molar-refractivity contribution in [2.24, 2.45) is 5.73 Å². The maximum atomic E-state index is 8.70. The lowest BCUT2D eigenvalue weighted by Crippen LogP contribution is -2.37. The summed E-state index contributed by atoms with van der Waals surface area (Å²) in [6.07, 6.45) is 0.784. The molecule has 0 spiro atoms. The topological polar surface area (TPSA) is 116 Å². The van der Waals surface area contributed by atoms with Crippen molar-refractivity contribution in [2.75, 3.05) is 19.8 Å². The Hall–Kier alpha value is -0.0231. The van der Waals surface area contributed by atoms with E-state index in [0.717, 1.165) is 12.5 Å². The van der Waals surface area contributed by atoms with Crippen LogP contribution < -0.4 is 5.73 Å². The second-order valence-corrected chi connectivity index (χ2v) is 5.88. The van der Waals surface area contributed by atoms with E-state index < -0.39 is 21.6 Å². The number of hydrogen-bond donors (Lipinski definition) is 5. The maximum absolute atomic E-state index is 8.70. The van der Waals surface area contributed by atoms with Crippen molar-refractivity contribution in [3.05, 3.63) is 0 Å². The van der Waals surface area contributed by atoms with Crippen molar-refractivity contribution >= 4 is 9.04 Å². The Morgan fingerprint density at radius 3 is 2.29 bits per heavy atom. The van der Waals surface area contributed by atoms with Crippen molar-refractivity contribution in [1.82, 2.24) is 0 Å². The maximum Gasteiger partial charge on any atom is 0.298 e. The molecule has 0 saturated heterocycles. The van der Waals surface area contributed by atoms with Gasteiger partial charge in [-0.2, -0.15) is 0 Å². The molecule has 0 rings (SSSR count). The summed E-state index contributed by atoms with van der Waals surface area (Å²) < 4.78 is 5.12. The van der Waals surface area contributed by atoms with E-state index in [-0.39, 0.29) is 6.61 Å². The summed E-state index contributed by atoms with van der Waals surface area (Å²) in [4.78, 5) is 0. The minimum atomic E-state index is -2.77. The summed E-state index contributed by atoms with van der Waals surface area (Å²) >= 11 is 0. The highest BCUT2D eigenvalue weighted by molar-refractivity contribution is 6.51. The summed E-state index contributed by atoms with van der Waals surface area (Å²) in [5.74, 6) is -2.77. The van der Waals surface area contributed by atoms with Crippen LogP contribution in [-0.4, -0.2) is 55.2 Å². The molecule has 0 radical (unpaired) electrons. The molecule has 0 aliphatic rings. The van der Waals surface area contributed by atoms with Gasteiger partial charge in [0.1, 0.15) is 6.61 Å². The minimum absolute atomic E-state index is 0.0107. The smallest absolute Gasteiger partial charge is 0.298 e. The molecule has 0 aromatic rings. The van der Waals surface area contributed by atoms with Crippen LogP contribution in [0.15, 0.2) is 0 Å². The molecule has 0 amide bonds. The molecule has 0 unspecified atom stereocenters. The molecule has 0 heterocycles. The Balaban J connectivity index is 3.72. The van der Waals surface area contributed by atoms with Crippen molar-refractivity contribution in [1.29, 1.82) is 0 Å². The van der Waals surface area contributed by atoms with Gasteiger partial charge in [0.05, 0.1) is 0 Å². The summed E-state index contributed by atoms with van der Waals surface area (Å²) in [7, 11) is -1.66. The van der Waals surface area contributed by atoms with Gasteiger partial charge in [-0.05, 0) is 25.1 Å². The predicted octanol–water partition coefficient (Wildman–Crippen LogP) is -2.30. The normalized spacial score (nSPS) is 14.4. The third kappa shape index (κ3) is 8.57. The van der Waals surface area contributed by atoms with Crippen LogP contribution in [0.1, 0.15) is 6.42 Å². The molecule has 0 bridgehead atoms. The van der Waals surface area contributed by atoms with Crippen molar-refractivity contribution < 1.29 is 24.9 Å². The lowest BCUT2D eigenvalue weighted by Gasteiger charge is -2.19. The second-order valence-electron chi connectivity index (χ2n) is 3.15. The van der Waals surface area contributed by atoms with Crippen LogP contribution in [0, 0.1) is 0 Å². The lowest BCUT2D eigenvalue weighted by molar-refractivity contribution is -0.323. The molecule has 1 atom stereocenters. The first kappa shape index (κ1) is 14.0. The van der Waals surface area contributed by atoms with Gasteiger partial charge in [-0.15, -0.1) is 0 Å². The molecule has 6 N–H and O–H groups in total. The van der Waals surface area contributed by atoms with E-state index in [4.69, 9.17) is 30.6 Å². The molecule has 14 heavy (non-hydrogen) atoms. The summed E-state index contributed by atoms with van der Waals surface area (Å²) in [5, 5.41) is 34.4. The van der Waals surface area contributed by atoms with Gasteiger partial charge < -0.3 is 30.6 Å². The minimum Gasteiger partial charge on any atom is -0.412 e. The summed E-state index contributed by atoms with van der Waals surface area (Å²) in [5.41, 5.74) is 5.31. The van der Waals surface area contributed by atoms with Crippen LogP contribution in [0.5, 0.6) is 0 Å². The first-order valence-electron chi connectivity index (χ1n) is 4.59. The predicted molar refractivity (Wildman–Crippen MR) is 52.9 cm³/mol. The Kier molecular flexibility index (Phi) is 7.28. The van der Waals surface area contributed by atoms with Gasteiger partial charge in [-0.1, -0.05) is 0 Å². The zero-order chi connectivity index (χ0) is 11.0. The number of aliphatic hydroxyl groups is 4. The molecule has 0 aromatic heterocycles. The summed E-state index contributed by atoms with van der Waals surface area (Å²) in [6, 6.07) is 1.28. The van der Waals surface area contributed by atoms with E-state index >= 15 is 0 Å². The molecular weight excluding hydrogens is 206 g/mol. The Morgan fingerprint density at radius 2 is 1.86 bits per heavy atom. The van der Waals surface area contributed by atoms with Gasteiger partial charge in [-0.3, -0.25) is 0 Å². The molecular formula is C7H19NO5Si. The zero-order valence-corrected chi connectivity index (χ0v) is 9.25. The zero-order valence-electron chi connectivity index (χ0n) is 8.09. The summed E-state index contributed by atoms with van der Waals surface area (Å²) in [6.45, 7) is 0.0199. The van der Waals surface area contributed by atoms with E-state index in [1.54, 1.807) is 0 Å². The third-order valence-electron chi connectivity index (χ3n) is 1.69. The fourth-order valence-corrected chi connectivity index (χ4v) is 3.09. The SMILES string of the molecule is NCCC[Si@@H](CCO)OCC(O)(O)O. The van der Waals surface area contributed by atoms with Crippen LogP contribution in [0.4, 0.5) is 0 Å². The molecule has 0 saturated carbocycles. The number of aliphatic hydroxyl groups excluding tert-OH is 1. The van der Waals surface area contributed by atoms with Crippen LogP contribution in [0.3, 0.4) is 0 Å². The van der Waals surface area contributed by atoms with Gasteiger partial charge in [0.15, 0.2) is 9.04 Å². The van der Waals surface area contributed by atoms with Gasteiger partial charge in [0.25, 0.3) is 5.97 Å². The van der Waals surface area contributed by atoms with Crippen LogP contribution >= 0.6 is 0 Å². The van der Waals surface area contributed by atoms with Crippen molar-refractivity contribution in [2.45, 2.75) is 24.5 Å². The molecule has 0 fully saturated rings. The first-order chi connectivity index (χ1) is 6.49. The van der Waals surface area contributed by atoms with Gasteiger partial charge >= 0.3 is 0 Å². The Bertz CT molecular complexity index is 141. The quantitative estimate of drug-likeness (QED) is 0.234. The third-order valence-corrected chi connectivity index (χ3v) is 4.29. The fourth-order valence-electron chi connectivity index (χ4n) is 1.03.